The van der Waals surface area contributed by atoms with Crippen molar-refractivity contribution in [2.24, 2.45) is 4.99 Å². The Morgan fingerprint density at radius 3 is 2.76 bits per heavy atom. The molecule has 0 radical (unpaired) electrons. The number of aromatic nitrogens is 2. The Morgan fingerprint density at radius 2 is 2.00 bits per heavy atom. The molecule has 0 amide bonds. The Balaban J connectivity index is 0.00000300. The second-order valence-corrected chi connectivity index (χ2v) is 6.37. The van der Waals surface area contributed by atoms with Crippen LogP contribution in [0.1, 0.15) is 11.5 Å². The number of methoxy groups -OCH3 is 1. The van der Waals surface area contributed by atoms with E-state index in [1.165, 1.54) is 0 Å². The Kier molecular flexibility index (Phi) is 9.20. The Labute approximate surface area is 191 Å². The van der Waals surface area contributed by atoms with Gasteiger partial charge in [0.2, 0.25) is 11.7 Å². The standard InChI is InChI=1S/C20H22ClN5O2.HI/c1-22-20(23-11-10-14-6-3-4-9-17(14)27-2)24-13-18-25-19(26-28-18)15-7-5-8-16(21)12-15;/h3-9,12H,10-11,13H2,1-2H3,(H2,22,23,24);1H. The first-order chi connectivity index (χ1) is 13.7. The molecule has 2 N–H and O–H groups in total. The molecular weight excluding hydrogens is 505 g/mol. The molecule has 0 atom stereocenters. The second-order valence-electron chi connectivity index (χ2n) is 5.94. The minimum atomic E-state index is 0. The first kappa shape index (κ1) is 23.0. The summed E-state index contributed by atoms with van der Waals surface area (Å²) in [4.78, 5) is 8.59. The van der Waals surface area contributed by atoms with Gasteiger partial charge in [0.1, 0.15) is 5.75 Å². The molecular formula is C20H23ClIN5O2. The van der Waals surface area contributed by atoms with E-state index in [-0.39, 0.29) is 24.0 Å². The lowest BCUT2D eigenvalue weighted by molar-refractivity contribution is 0.375. The molecule has 0 spiro atoms. The number of nitrogens with zero attached hydrogens (tertiary/aromatic N) is 3. The van der Waals surface area contributed by atoms with Gasteiger partial charge in [-0.3, -0.25) is 4.99 Å². The molecule has 29 heavy (non-hydrogen) atoms. The van der Waals surface area contributed by atoms with E-state index in [9.17, 15) is 0 Å². The number of hydrogen-bond acceptors (Lipinski definition) is 5. The van der Waals surface area contributed by atoms with Gasteiger partial charge < -0.3 is 19.9 Å². The van der Waals surface area contributed by atoms with Gasteiger partial charge >= 0.3 is 0 Å². The average Bonchev–Trinajstić information content (AvgIpc) is 3.20. The van der Waals surface area contributed by atoms with E-state index in [1.54, 1.807) is 26.3 Å². The molecule has 1 heterocycles. The summed E-state index contributed by atoms with van der Waals surface area (Å²) in [6, 6.07) is 15.3. The zero-order chi connectivity index (χ0) is 19.8. The third-order valence-electron chi connectivity index (χ3n) is 4.06. The molecule has 0 saturated carbocycles. The fourth-order valence-corrected chi connectivity index (χ4v) is 2.87. The van der Waals surface area contributed by atoms with Crippen LogP contribution in [0.4, 0.5) is 0 Å². The van der Waals surface area contributed by atoms with Crippen molar-refractivity contribution in [3.8, 4) is 17.1 Å². The molecule has 7 nitrogen and oxygen atoms in total. The van der Waals surface area contributed by atoms with Crippen molar-refractivity contribution < 1.29 is 9.26 Å². The molecule has 0 aliphatic rings. The zero-order valence-electron chi connectivity index (χ0n) is 16.2. The van der Waals surface area contributed by atoms with Gasteiger partial charge in [-0.15, -0.1) is 24.0 Å². The van der Waals surface area contributed by atoms with Crippen LogP contribution in [0, 0.1) is 0 Å². The maximum Gasteiger partial charge on any atom is 0.246 e. The van der Waals surface area contributed by atoms with Crippen molar-refractivity contribution in [3.63, 3.8) is 0 Å². The number of guanidine groups is 1. The number of benzene rings is 2. The van der Waals surface area contributed by atoms with E-state index in [0.717, 1.165) is 23.3 Å². The van der Waals surface area contributed by atoms with Crippen molar-refractivity contribution in [1.82, 2.24) is 20.8 Å². The predicted molar refractivity (Wildman–Crippen MR) is 125 cm³/mol. The molecule has 0 unspecified atom stereocenters. The average molecular weight is 528 g/mol. The van der Waals surface area contributed by atoms with E-state index >= 15 is 0 Å². The summed E-state index contributed by atoms with van der Waals surface area (Å²) in [6.07, 6.45) is 0.810. The lowest BCUT2D eigenvalue weighted by Crippen LogP contribution is -2.37. The zero-order valence-corrected chi connectivity index (χ0v) is 19.3. The molecule has 2 aromatic carbocycles. The summed E-state index contributed by atoms with van der Waals surface area (Å²) >= 11 is 6.00. The fourth-order valence-electron chi connectivity index (χ4n) is 2.68. The van der Waals surface area contributed by atoms with Crippen LogP contribution in [0.15, 0.2) is 58.0 Å². The summed E-state index contributed by atoms with van der Waals surface area (Å²) in [5, 5.41) is 11.0. The van der Waals surface area contributed by atoms with Gasteiger partial charge in [-0.25, -0.2) is 0 Å². The highest BCUT2D eigenvalue weighted by molar-refractivity contribution is 14.0. The van der Waals surface area contributed by atoms with Crippen LogP contribution >= 0.6 is 35.6 Å². The quantitative estimate of drug-likeness (QED) is 0.275. The number of halogens is 2. The number of rotatable bonds is 7. The minimum Gasteiger partial charge on any atom is -0.496 e. The molecule has 0 aliphatic heterocycles. The smallest absolute Gasteiger partial charge is 0.246 e. The largest absolute Gasteiger partial charge is 0.496 e. The van der Waals surface area contributed by atoms with Crippen molar-refractivity contribution in [3.05, 3.63) is 65.0 Å². The fraction of sp³-hybridized carbons (Fsp3) is 0.250. The van der Waals surface area contributed by atoms with Crippen LogP contribution in [0.2, 0.25) is 5.02 Å². The van der Waals surface area contributed by atoms with E-state index in [0.29, 0.717) is 35.8 Å². The van der Waals surface area contributed by atoms with Crippen LogP contribution in [0.25, 0.3) is 11.4 Å². The predicted octanol–water partition coefficient (Wildman–Crippen LogP) is 3.92. The molecule has 0 saturated heterocycles. The second kappa shape index (κ2) is 11.6. The number of para-hydroxylation sites is 1. The Hall–Kier alpha value is -2.33. The SMILES string of the molecule is CN=C(NCCc1ccccc1OC)NCc1nc(-c2cccc(Cl)c2)no1.I. The first-order valence-corrected chi connectivity index (χ1v) is 9.22. The van der Waals surface area contributed by atoms with Gasteiger partial charge in [0.05, 0.1) is 13.7 Å². The molecule has 1 aromatic heterocycles. The highest BCUT2D eigenvalue weighted by atomic mass is 127. The maximum atomic E-state index is 6.00. The van der Waals surface area contributed by atoms with E-state index in [1.807, 2.05) is 36.4 Å². The molecule has 3 aromatic rings. The summed E-state index contributed by atoms with van der Waals surface area (Å²) < 4.78 is 10.7. The van der Waals surface area contributed by atoms with Gasteiger partial charge in [-0.05, 0) is 30.2 Å². The van der Waals surface area contributed by atoms with Crippen molar-refractivity contribution in [1.29, 1.82) is 0 Å². The summed E-state index contributed by atoms with van der Waals surface area (Å²) in [5.41, 5.74) is 1.94. The van der Waals surface area contributed by atoms with E-state index in [4.69, 9.17) is 20.9 Å². The first-order valence-electron chi connectivity index (χ1n) is 8.84. The van der Waals surface area contributed by atoms with Gasteiger partial charge in [0.15, 0.2) is 5.96 Å². The van der Waals surface area contributed by atoms with Crippen LogP contribution in [-0.4, -0.2) is 36.8 Å². The van der Waals surface area contributed by atoms with Gasteiger partial charge in [0, 0.05) is 24.2 Å². The van der Waals surface area contributed by atoms with E-state index in [2.05, 4.69) is 25.8 Å². The van der Waals surface area contributed by atoms with Gasteiger partial charge in [-0.2, -0.15) is 4.98 Å². The van der Waals surface area contributed by atoms with Crippen LogP contribution in [0.3, 0.4) is 0 Å². The maximum absolute atomic E-state index is 6.00. The van der Waals surface area contributed by atoms with Gasteiger partial charge in [0.25, 0.3) is 0 Å². The lowest BCUT2D eigenvalue weighted by atomic mass is 10.1. The number of ether oxygens (including phenoxy) is 1. The topological polar surface area (TPSA) is 84.6 Å². The van der Waals surface area contributed by atoms with Crippen LogP contribution in [-0.2, 0) is 13.0 Å². The van der Waals surface area contributed by atoms with Crippen LogP contribution in [0.5, 0.6) is 5.75 Å². The third kappa shape index (κ3) is 6.60. The number of hydrogen-bond donors (Lipinski definition) is 2. The minimum absolute atomic E-state index is 0. The lowest BCUT2D eigenvalue weighted by Gasteiger charge is -2.12. The normalized spacial score (nSPS) is 10.9. The molecule has 154 valence electrons. The van der Waals surface area contributed by atoms with Crippen molar-refractivity contribution >= 4 is 41.5 Å². The van der Waals surface area contributed by atoms with E-state index < -0.39 is 0 Å². The molecule has 0 aliphatic carbocycles. The summed E-state index contributed by atoms with van der Waals surface area (Å²) in [5.74, 6) is 2.49. The third-order valence-corrected chi connectivity index (χ3v) is 4.30. The molecule has 3 rings (SSSR count). The summed E-state index contributed by atoms with van der Waals surface area (Å²) in [6.45, 7) is 1.07. The van der Waals surface area contributed by atoms with Crippen molar-refractivity contribution in [2.75, 3.05) is 20.7 Å². The Bertz CT molecular complexity index is 948. The Morgan fingerprint density at radius 1 is 1.17 bits per heavy atom. The highest BCUT2D eigenvalue weighted by Crippen LogP contribution is 2.20. The molecule has 0 fully saturated rings. The number of aliphatic imine (C=N–C) groups is 1. The molecule has 9 heteroatoms. The van der Waals surface area contributed by atoms with Gasteiger partial charge in [-0.1, -0.05) is 47.1 Å². The number of nitrogens with one attached hydrogen (secondary N) is 2. The summed E-state index contributed by atoms with van der Waals surface area (Å²) in [7, 11) is 3.39. The molecule has 0 bridgehead atoms. The highest BCUT2D eigenvalue weighted by Gasteiger charge is 2.10. The monoisotopic (exact) mass is 527 g/mol. The van der Waals surface area contributed by atoms with Crippen LogP contribution < -0.4 is 15.4 Å². The van der Waals surface area contributed by atoms with Crippen molar-refractivity contribution in [2.45, 2.75) is 13.0 Å².